The van der Waals surface area contributed by atoms with Crippen molar-refractivity contribution in [2.75, 3.05) is 19.7 Å². The highest BCUT2D eigenvalue weighted by atomic mass is 35.5. The van der Waals surface area contributed by atoms with Crippen LogP contribution >= 0.6 is 22.9 Å². The van der Waals surface area contributed by atoms with E-state index in [0.717, 1.165) is 10.6 Å². The highest BCUT2D eigenvalue weighted by molar-refractivity contribution is 7.15. The molecule has 9 heteroatoms. The molecule has 0 N–H and O–H groups in total. The molecule has 2 fully saturated rings. The van der Waals surface area contributed by atoms with Gasteiger partial charge in [-0.3, -0.25) is 4.90 Å². The molecule has 2 aromatic rings. The number of nitrogens with zero attached hydrogens (tertiary/aromatic N) is 4. The number of hydrogen-bond donors (Lipinski definition) is 0. The lowest BCUT2D eigenvalue weighted by atomic mass is 9.72. The number of aryl methyl sites for hydroxylation is 1. The SMILES string of the molecule is N#Cc1ccc(CC[C@@]2([C@H]3OCC3(F)F)CCN(Cc3nnc(Cl)s3)C2)cc1. The predicted octanol–water partition coefficient (Wildman–Crippen LogP) is 3.92. The van der Waals surface area contributed by atoms with Crippen LogP contribution in [0.5, 0.6) is 0 Å². The van der Waals surface area contributed by atoms with Gasteiger partial charge in [0.05, 0.1) is 18.2 Å². The van der Waals surface area contributed by atoms with Gasteiger partial charge >= 0.3 is 0 Å². The fraction of sp³-hybridized carbons (Fsp3) is 0.526. The van der Waals surface area contributed by atoms with Gasteiger partial charge in [0.25, 0.3) is 5.92 Å². The summed E-state index contributed by atoms with van der Waals surface area (Å²) in [6, 6.07) is 9.39. The van der Waals surface area contributed by atoms with Gasteiger partial charge in [-0.1, -0.05) is 23.5 Å². The predicted molar refractivity (Wildman–Crippen MR) is 101 cm³/mol. The van der Waals surface area contributed by atoms with Crippen molar-refractivity contribution in [3.05, 3.63) is 44.9 Å². The van der Waals surface area contributed by atoms with Crippen LogP contribution in [0.2, 0.25) is 4.47 Å². The average Bonchev–Trinajstić information content (AvgIpc) is 3.26. The molecule has 0 unspecified atom stereocenters. The Hall–Kier alpha value is -1.66. The third-order valence-corrected chi connectivity index (χ3v) is 6.65. The zero-order valence-corrected chi connectivity index (χ0v) is 16.6. The number of aromatic nitrogens is 2. The van der Waals surface area contributed by atoms with Gasteiger partial charge < -0.3 is 4.74 Å². The normalized spacial score (nSPS) is 26.7. The van der Waals surface area contributed by atoms with Crippen molar-refractivity contribution in [2.24, 2.45) is 5.41 Å². The zero-order valence-electron chi connectivity index (χ0n) is 15.1. The van der Waals surface area contributed by atoms with Gasteiger partial charge in [0, 0.05) is 12.0 Å². The van der Waals surface area contributed by atoms with E-state index in [1.807, 2.05) is 12.1 Å². The molecule has 28 heavy (non-hydrogen) atoms. The molecule has 0 aliphatic carbocycles. The number of likely N-dealkylation sites (tertiary alicyclic amines) is 1. The number of halogens is 3. The van der Waals surface area contributed by atoms with E-state index in [-0.39, 0.29) is 0 Å². The Morgan fingerprint density at radius 2 is 2.11 bits per heavy atom. The highest BCUT2D eigenvalue weighted by Gasteiger charge is 2.61. The molecule has 0 bridgehead atoms. The number of alkyl halides is 2. The lowest BCUT2D eigenvalue weighted by Gasteiger charge is -2.48. The topological polar surface area (TPSA) is 62.0 Å². The molecule has 2 aliphatic rings. The number of nitriles is 1. The zero-order chi connectivity index (χ0) is 19.8. The smallest absolute Gasteiger partial charge is 0.297 e. The summed E-state index contributed by atoms with van der Waals surface area (Å²) in [6.45, 7) is 1.30. The van der Waals surface area contributed by atoms with E-state index in [4.69, 9.17) is 21.6 Å². The number of benzene rings is 1. The van der Waals surface area contributed by atoms with Crippen LogP contribution in [0.3, 0.4) is 0 Å². The summed E-state index contributed by atoms with van der Waals surface area (Å²) in [4.78, 5) is 2.13. The third-order valence-electron chi connectivity index (χ3n) is 5.64. The minimum atomic E-state index is -2.78. The Morgan fingerprint density at radius 3 is 2.68 bits per heavy atom. The summed E-state index contributed by atoms with van der Waals surface area (Å²) < 4.78 is 34.3. The maximum atomic E-state index is 14.3. The van der Waals surface area contributed by atoms with Crippen molar-refractivity contribution in [3.63, 3.8) is 0 Å². The Morgan fingerprint density at radius 1 is 1.32 bits per heavy atom. The van der Waals surface area contributed by atoms with Crippen LogP contribution in [-0.2, 0) is 17.7 Å². The number of rotatable bonds is 6. The van der Waals surface area contributed by atoms with Crippen LogP contribution in [0, 0.1) is 16.7 Å². The van der Waals surface area contributed by atoms with E-state index in [9.17, 15) is 8.78 Å². The maximum Gasteiger partial charge on any atom is 0.297 e. The van der Waals surface area contributed by atoms with E-state index >= 15 is 0 Å². The Labute approximate surface area is 170 Å². The molecule has 1 aromatic heterocycles. The summed E-state index contributed by atoms with van der Waals surface area (Å²) in [5.41, 5.74) is 1.02. The van der Waals surface area contributed by atoms with Crippen molar-refractivity contribution in [1.29, 1.82) is 5.26 Å². The molecule has 2 aliphatic heterocycles. The van der Waals surface area contributed by atoms with E-state index in [2.05, 4.69) is 21.2 Å². The fourth-order valence-corrected chi connectivity index (χ4v) is 5.12. The van der Waals surface area contributed by atoms with E-state index in [1.165, 1.54) is 11.3 Å². The largest absolute Gasteiger partial charge is 0.365 e. The van der Waals surface area contributed by atoms with Crippen molar-refractivity contribution >= 4 is 22.9 Å². The number of ether oxygens (including phenoxy) is 1. The molecule has 0 saturated carbocycles. The summed E-state index contributed by atoms with van der Waals surface area (Å²) in [5, 5.41) is 17.6. The quantitative estimate of drug-likeness (QED) is 0.703. The van der Waals surface area contributed by atoms with E-state index in [1.54, 1.807) is 12.1 Å². The van der Waals surface area contributed by atoms with Crippen LogP contribution in [0.25, 0.3) is 0 Å². The van der Waals surface area contributed by atoms with Gasteiger partial charge in [0.1, 0.15) is 17.7 Å². The van der Waals surface area contributed by atoms with Gasteiger partial charge in [0.15, 0.2) is 0 Å². The van der Waals surface area contributed by atoms with Gasteiger partial charge in [-0.15, -0.1) is 10.2 Å². The van der Waals surface area contributed by atoms with Crippen LogP contribution in [0.15, 0.2) is 24.3 Å². The van der Waals surface area contributed by atoms with Crippen molar-refractivity contribution in [3.8, 4) is 6.07 Å². The average molecular weight is 425 g/mol. The lowest BCUT2D eigenvalue weighted by Crippen LogP contribution is -2.61. The molecular weight excluding hydrogens is 406 g/mol. The highest BCUT2D eigenvalue weighted by Crippen LogP contribution is 2.50. The van der Waals surface area contributed by atoms with E-state index in [0.29, 0.717) is 48.9 Å². The molecule has 0 spiro atoms. The molecule has 0 radical (unpaired) electrons. The monoisotopic (exact) mass is 424 g/mol. The fourth-order valence-electron chi connectivity index (χ4n) is 4.21. The van der Waals surface area contributed by atoms with E-state index < -0.39 is 24.0 Å². The Bertz CT molecular complexity index is 885. The van der Waals surface area contributed by atoms with Crippen LogP contribution in [0.4, 0.5) is 8.78 Å². The van der Waals surface area contributed by atoms with Crippen molar-refractivity contribution in [2.45, 2.75) is 37.8 Å². The van der Waals surface area contributed by atoms with Crippen molar-refractivity contribution in [1.82, 2.24) is 15.1 Å². The molecule has 2 atom stereocenters. The number of hydrogen-bond acceptors (Lipinski definition) is 6. The first-order valence-corrected chi connectivity index (χ1v) is 10.3. The summed E-state index contributed by atoms with van der Waals surface area (Å²) in [6.07, 6.45) is 0.865. The maximum absolute atomic E-state index is 14.3. The molecule has 3 heterocycles. The summed E-state index contributed by atoms with van der Waals surface area (Å²) in [7, 11) is 0. The molecule has 1 aromatic carbocycles. The minimum absolute atomic E-state index is 0.384. The molecular formula is C19H19ClF2N4OS. The molecule has 5 nitrogen and oxygen atoms in total. The van der Waals surface area contributed by atoms with Crippen molar-refractivity contribution < 1.29 is 13.5 Å². The Kier molecular flexibility index (Phi) is 5.36. The Balaban J connectivity index is 1.48. The molecule has 2 saturated heterocycles. The standard InChI is InChI=1S/C19H19ClF2N4OS/c20-17-25-24-15(28-17)10-26-8-7-18(11-26,16-19(21,22)12-27-16)6-5-13-1-3-14(9-23)4-2-13/h1-4,16H,5-8,10-12H2/t16-,18-/m1/s1. The molecule has 0 amide bonds. The second-order valence-corrected chi connectivity index (χ2v) is 9.18. The molecule has 148 valence electrons. The van der Waals surface area contributed by atoms with Crippen LogP contribution < -0.4 is 0 Å². The third kappa shape index (κ3) is 3.90. The summed E-state index contributed by atoms with van der Waals surface area (Å²) >= 11 is 7.16. The first-order valence-electron chi connectivity index (χ1n) is 9.09. The van der Waals surface area contributed by atoms with Gasteiger partial charge in [-0.05, 0) is 55.1 Å². The van der Waals surface area contributed by atoms with Gasteiger partial charge in [-0.25, -0.2) is 8.78 Å². The summed E-state index contributed by atoms with van der Waals surface area (Å²) in [5.74, 6) is -2.78. The second-order valence-electron chi connectivity index (χ2n) is 7.53. The molecule has 4 rings (SSSR count). The first-order chi connectivity index (χ1) is 13.4. The lowest BCUT2D eigenvalue weighted by molar-refractivity contribution is -0.301. The van der Waals surface area contributed by atoms with Gasteiger partial charge in [-0.2, -0.15) is 5.26 Å². The van der Waals surface area contributed by atoms with Crippen LogP contribution in [0.1, 0.15) is 29.0 Å². The first kappa shape index (κ1) is 19.6. The second kappa shape index (κ2) is 7.64. The minimum Gasteiger partial charge on any atom is -0.365 e. The van der Waals surface area contributed by atoms with Gasteiger partial charge in [0.2, 0.25) is 4.47 Å². The van der Waals surface area contributed by atoms with Crippen LogP contribution in [-0.4, -0.2) is 46.8 Å².